The number of halogens is 1. The lowest BCUT2D eigenvalue weighted by Gasteiger charge is -2.02. The van der Waals surface area contributed by atoms with Gasteiger partial charge in [0.1, 0.15) is 0 Å². The summed E-state index contributed by atoms with van der Waals surface area (Å²) in [4.78, 5) is 22.4. The van der Waals surface area contributed by atoms with E-state index in [-0.39, 0.29) is 12.2 Å². The Bertz CT molecular complexity index is 439. The number of fused-ring (bicyclic) bond motifs is 1. The molecular formula is C11H9BrO3. The summed E-state index contributed by atoms with van der Waals surface area (Å²) >= 11 is 3.37. The number of hydrogen-bond donors (Lipinski definition) is 1. The van der Waals surface area contributed by atoms with Crippen LogP contribution in [0.4, 0.5) is 0 Å². The standard InChI is InChI=1S/C11H9BrO3/c12-9-3-1-2-7-8(9)4-6(11(7)15)5-10(13)14/h1-3,6H,4-5H2,(H,13,14). The highest BCUT2D eigenvalue weighted by Crippen LogP contribution is 2.33. The fraction of sp³-hybridized carbons (Fsp3) is 0.273. The maximum atomic E-state index is 11.8. The third-order valence-corrected chi connectivity index (χ3v) is 3.37. The second kappa shape index (κ2) is 3.77. The minimum Gasteiger partial charge on any atom is -0.481 e. The monoisotopic (exact) mass is 268 g/mol. The molecule has 4 heteroatoms. The molecule has 3 nitrogen and oxygen atoms in total. The normalized spacial score (nSPS) is 19.0. The van der Waals surface area contributed by atoms with Crippen molar-refractivity contribution in [3.8, 4) is 0 Å². The molecule has 1 atom stereocenters. The molecule has 78 valence electrons. The maximum absolute atomic E-state index is 11.8. The lowest BCUT2D eigenvalue weighted by molar-refractivity contribution is -0.137. The Labute approximate surface area is 95.2 Å². The first-order chi connectivity index (χ1) is 7.09. The minimum atomic E-state index is -0.919. The molecule has 0 amide bonds. The van der Waals surface area contributed by atoms with Crippen LogP contribution in [0.2, 0.25) is 0 Å². The Morgan fingerprint density at radius 3 is 2.87 bits per heavy atom. The largest absolute Gasteiger partial charge is 0.481 e. The molecule has 0 fully saturated rings. The van der Waals surface area contributed by atoms with Crippen LogP contribution in [0.1, 0.15) is 22.3 Å². The number of Topliss-reactive ketones (excluding diaryl/α,β-unsaturated/α-hetero) is 1. The van der Waals surface area contributed by atoms with Crippen molar-refractivity contribution in [1.82, 2.24) is 0 Å². The second-order valence-corrected chi connectivity index (χ2v) is 4.48. The minimum absolute atomic E-state index is 0.0475. The topological polar surface area (TPSA) is 54.4 Å². The van der Waals surface area contributed by atoms with Gasteiger partial charge in [-0.05, 0) is 18.1 Å². The Morgan fingerprint density at radius 1 is 1.53 bits per heavy atom. The van der Waals surface area contributed by atoms with E-state index in [0.717, 1.165) is 10.0 Å². The van der Waals surface area contributed by atoms with Crippen molar-refractivity contribution in [3.63, 3.8) is 0 Å². The molecule has 0 saturated carbocycles. The number of benzene rings is 1. The van der Waals surface area contributed by atoms with Crippen LogP contribution in [-0.2, 0) is 11.2 Å². The molecule has 1 aliphatic rings. The first-order valence-electron chi connectivity index (χ1n) is 4.63. The summed E-state index contributed by atoms with van der Waals surface area (Å²) in [5, 5.41) is 8.68. The van der Waals surface area contributed by atoms with Gasteiger partial charge in [0.2, 0.25) is 0 Å². The molecule has 0 aliphatic heterocycles. The molecule has 1 unspecified atom stereocenters. The Morgan fingerprint density at radius 2 is 2.27 bits per heavy atom. The summed E-state index contributed by atoms with van der Waals surface area (Å²) in [7, 11) is 0. The summed E-state index contributed by atoms with van der Waals surface area (Å²) in [6.07, 6.45) is 0.446. The first-order valence-corrected chi connectivity index (χ1v) is 5.42. The van der Waals surface area contributed by atoms with Crippen molar-refractivity contribution < 1.29 is 14.7 Å². The van der Waals surface area contributed by atoms with E-state index in [1.807, 2.05) is 6.07 Å². The van der Waals surface area contributed by atoms with Crippen LogP contribution >= 0.6 is 15.9 Å². The van der Waals surface area contributed by atoms with Crippen LogP contribution in [-0.4, -0.2) is 16.9 Å². The lowest BCUT2D eigenvalue weighted by Crippen LogP contribution is -2.13. The van der Waals surface area contributed by atoms with Gasteiger partial charge in [0.15, 0.2) is 5.78 Å². The van der Waals surface area contributed by atoms with Crippen LogP contribution in [0.15, 0.2) is 22.7 Å². The molecule has 0 heterocycles. The number of hydrogen-bond acceptors (Lipinski definition) is 2. The van der Waals surface area contributed by atoms with E-state index in [1.165, 1.54) is 0 Å². The Balaban J connectivity index is 2.33. The highest BCUT2D eigenvalue weighted by molar-refractivity contribution is 9.10. The Hall–Kier alpha value is -1.16. The third-order valence-electron chi connectivity index (χ3n) is 2.63. The smallest absolute Gasteiger partial charge is 0.304 e. The molecule has 1 aromatic carbocycles. The van der Waals surface area contributed by atoms with E-state index < -0.39 is 11.9 Å². The van der Waals surface area contributed by atoms with Crippen molar-refractivity contribution in [2.75, 3.05) is 0 Å². The molecule has 0 bridgehead atoms. The quantitative estimate of drug-likeness (QED) is 0.896. The van der Waals surface area contributed by atoms with Gasteiger partial charge in [-0.25, -0.2) is 0 Å². The van der Waals surface area contributed by atoms with Crippen LogP contribution in [0.3, 0.4) is 0 Å². The lowest BCUT2D eigenvalue weighted by atomic mass is 10.0. The van der Waals surface area contributed by atoms with E-state index in [9.17, 15) is 9.59 Å². The molecule has 0 spiro atoms. The molecule has 0 aromatic heterocycles. The van der Waals surface area contributed by atoms with E-state index in [2.05, 4.69) is 15.9 Å². The van der Waals surface area contributed by atoms with Gasteiger partial charge < -0.3 is 5.11 Å². The summed E-state index contributed by atoms with van der Waals surface area (Å²) in [6.45, 7) is 0. The molecular weight excluding hydrogens is 260 g/mol. The van der Waals surface area contributed by atoms with Crippen LogP contribution in [0.5, 0.6) is 0 Å². The van der Waals surface area contributed by atoms with Crippen molar-refractivity contribution in [1.29, 1.82) is 0 Å². The predicted octanol–water partition coefficient (Wildman–Crippen LogP) is 2.28. The summed E-state index contributed by atoms with van der Waals surface area (Å²) in [5.41, 5.74) is 1.60. The van der Waals surface area contributed by atoms with Gasteiger partial charge in [-0.3, -0.25) is 9.59 Å². The molecule has 1 aliphatic carbocycles. The number of aliphatic carboxylic acids is 1. The third kappa shape index (κ3) is 1.81. The van der Waals surface area contributed by atoms with Gasteiger partial charge in [0.25, 0.3) is 0 Å². The number of carboxylic acids is 1. The van der Waals surface area contributed by atoms with Crippen LogP contribution in [0.25, 0.3) is 0 Å². The number of carbonyl (C=O) groups is 2. The highest BCUT2D eigenvalue weighted by atomic mass is 79.9. The summed E-state index contributed by atoms with van der Waals surface area (Å²) in [5.74, 6) is -1.36. The van der Waals surface area contributed by atoms with Crippen molar-refractivity contribution >= 4 is 27.7 Å². The summed E-state index contributed by atoms with van der Waals surface area (Å²) in [6, 6.07) is 5.42. The number of carbonyl (C=O) groups excluding carboxylic acids is 1. The first kappa shape index (κ1) is 10.4. The number of ketones is 1. The number of carboxylic acid groups (broad SMARTS) is 1. The van der Waals surface area contributed by atoms with E-state index >= 15 is 0 Å². The van der Waals surface area contributed by atoms with Crippen LogP contribution < -0.4 is 0 Å². The predicted molar refractivity (Wildman–Crippen MR) is 57.9 cm³/mol. The van der Waals surface area contributed by atoms with E-state index in [0.29, 0.717) is 12.0 Å². The zero-order valence-corrected chi connectivity index (χ0v) is 9.45. The molecule has 15 heavy (non-hydrogen) atoms. The van der Waals surface area contributed by atoms with Gasteiger partial charge in [-0.1, -0.05) is 28.1 Å². The summed E-state index contributed by atoms with van der Waals surface area (Å²) < 4.78 is 0.890. The average molecular weight is 269 g/mol. The molecule has 0 radical (unpaired) electrons. The van der Waals surface area contributed by atoms with Gasteiger partial charge in [-0.2, -0.15) is 0 Å². The van der Waals surface area contributed by atoms with Crippen molar-refractivity contribution in [2.24, 2.45) is 5.92 Å². The van der Waals surface area contributed by atoms with Gasteiger partial charge >= 0.3 is 5.97 Å². The molecule has 0 saturated heterocycles. The molecule has 1 aromatic rings. The SMILES string of the molecule is O=C(O)CC1Cc2c(Br)cccc2C1=O. The molecule has 2 rings (SSSR count). The van der Waals surface area contributed by atoms with Crippen molar-refractivity contribution in [2.45, 2.75) is 12.8 Å². The Kier molecular flexibility index (Phi) is 2.61. The zero-order valence-electron chi connectivity index (χ0n) is 7.87. The zero-order chi connectivity index (χ0) is 11.0. The second-order valence-electron chi connectivity index (χ2n) is 3.63. The average Bonchev–Trinajstić information content (AvgIpc) is 2.46. The highest BCUT2D eigenvalue weighted by Gasteiger charge is 2.32. The van der Waals surface area contributed by atoms with Crippen LogP contribution in [0, 0.1) is 5.92 Å². The molecule has 1 N–H and O–H groups in total. The maximum Gasteiger partial charge on any atom is 0.304 e. The fourth-order valence-corrected chi connectivity index (χ4v) is 2.46. The fourth-order valence-electron chi connectivity index (χ4n) is 1.93. The van der Waals surface area contributed by atoms with Gasteiger partial charge in [0.05, 0.1) is 6.42 Å². The van der Waals surface area contributed by atoms with E-state index in [4.69, 9.17) is 5.11 Å². The van der Waals surface area contributed by atoms with E-state index in [1.54, 1.807) is 12.1 Å². The number of rotatable bonds is 2. The van der Waals surface area contributed by atoms with Crippen molar-refractivity contribution in [3.05, 3.63) is 33.8 Å². The van der Waals surface area contributed by atoms with Gasteiger partial charge in [-0.15, -0.1) is 0 Å². The van der Waals surface area contributed by atoms with Gasteiger partial charge in [0, 0.05) is 16.0 Å².